The number of nitrogens with one attached hydrogen (secondary N) is 1. The van der Waals surface area contributed by atoms with Crippen molar-refractivity contribution in [3.05, 3.63) is 57.3 Å². The van der Waals surface area contributed by atoms with E-state index in [0.717, 1.165) is 26.2 Å². The summed E-state index contributed by atoms with van der Waals surface area (Å²) in [6.45, 7) is 8.81. The average Bonchev–Trinajstić information content (AvgIpc) is 2.93. The van der Waals surface area contributed by atoms with Crippen LogP contribution >= 0.6 is 11.3 Å². The molecule has 0 aliphatic carbocycles. The van der Waals surface area contributed by atoms with Crippen molar-refractivity contribution in [2.75, 3.05) is 26.2 Å². The van der Waals surface area contributed by atoms with Gasteiger partial charge in [0, 0.05) is 31.1 Å². The number of hydrogen-bond acceptors (Lipinski definition) is 3. The van der Waals surface area contributed by atoms with Crippen LogP contribution in [0.15, 0.2) is 35.7 Å². The minimum Gasteiger partial charge on any atom is -0.314 e. The molecule has 0 radical (unpaired) electrons. The lowest BCUT2D eigenvalue weighted by molar-refractivity contribution is 0.200. The van der Waals surface area contributed by atoms with Gasteiger partial charge in [-0.2, -0.15) is 0 Å². The van der Waals surface area contributed by atoms with Crippen LogP contribution in [0.4, 0.5) is 0 Å². The Bertz CT molecular complexity index is 536. The summed E-state index contributed by atoms with van der Waals surface area (Å²) in [6.07, 6.45) is 0. The lowest BCUT2D eigenvalue weighted by Gasteiger charge is -2.35. The van der Waals surface area contributed by atoms with Crippen LogP contribution in [0, 0.1) is 13.8 Å². The predicted octanol–water partition coefficient (Wildman–Crippen LogP) is 3.36. The molecule has 2 heterocycles. The van der Waals surface area contributed by atoms with Crippen LogP contribution in [-0.2, 0) is 0 Å². The molecule has 2 nitrogen and oxygen atoms in total. The Balaban J connectivity index is 2.00. The van der Waals surface area contributed by atoms with Crippen molar-refractivity contribution in [1.82, 2.24) is 10.2 Å². The van der Waals surface area contributed by atoms with Crippen molar-refractivity contribution in [2.45, 2.75) is 19.9 Å². The van der Waals surface area contributed by atoms with Crippen LogP contribution in [0.1, 0.15) is 27.6 Å². The summed E-state index contributed by atoms with van der Waals surface area (Å²) in [4.78, 5) is 4.06. The minimum absolute atomic E-state index is 0.413. The zero-order valence-corrected chi connectivity index (χ0v) is 13.0. The fourth-order valence-corrected chi connectivity index (χ4v) is 4.00. The molecule has 0 unspecified atom stereocenters. The summed E-state index contributed by atoms with van der Waals surface area (Å²) in [5, 5.41) is 5.64. The molecule has 0 spiro atoms. The van der Waals surface area contributed by atoms with Crippen LogP contribution in [0.3, 0.4) is 0 Å². The van der Waals surface area contributed by atoms with Gasteiger partial charge in [0.1, 0.15) is 0 Å². The van der Waals surface area contributed by atoms with Gasteiger partial charge >= 0.3 is 0 Å². The summed E-state index contributed by atoms with van der Waals surface area (Å²) >= 11 is 1.87. The molecule has 0 amide bonds. The molecule has 106 valence electrons. The quantitative estimate of drug-likeness (QED) is 0.931. The van der Waals surface area contributed by atoms with E-state index < -0.39 is 0 Å². The monoisotopic (exact) mass is 286 g/mol. The zero-order chi connectivity index (χ0) is 13.9. The highest BCUT2D eigenvalue weighted by atomic mass is 32.1. The summed E-state index contributed by atoms with van der Waals surface area (Å²) in [5.74, 6) is 0. The van der Waals surface area contributed by atoms with Crippen molar-refractivity contribution in [3.8, 4) is 0 Å². The molecule has 3 rings (SSSR count). The van der Waals surface area contributed by atoms with Crippen LogP contribution < -0.4 is 5.32 Å². The first-order valence-electron chi connectivity index (χ1n) is 7.30. The second-order valence-electron chi connectivity index (χ2n) is 5.62. The molecule has 1 aliphatic heterocycles. The molecule has 0 saturated carbocycles. The van der Waals surface area contributed by atoms with Crippen molar-refractivity contribution in [2.24, 2.45) is 0 Å². The SMILES string of the molecule is Cc1cc(C)cc([C@@H](c2cccs2)N2CCNCC2)c1. The van der Waals surface area contributed by atoms with Gasteiger partial charge in [-0.05, 0) is 30.9 Å². The van der Waals surface area contributed by atoms with E-state index in [2.05, 4.69) is 59.8 Å². The van der Waals surface area contributed by atoms with E-state index in [1.54, 1.807) is 0 Å². The van der Waals surface area contributed by atoms with E-state index in [9.17, 15) is 0 Å². The number of nitrogens with zero attached hydrogens (tertiary/aromatic N) is 1. The third kappa shape index (κ3) is 2.95. The molecule has 0 bridgehead atoms. The summed E-state index contributed by atoms with van der Waals surface area (Å²) < 4.78 is 0. The largest absolute Gasteiger partial charge is 0.314 e. The topological polar surface area (TPSA) is 15.3 Å². The Morgan fingerprint density at radius 1 is 1.10 bits per heavy atom. The number of aryl methyl sites for hydroxylation is 2. The molecule has 1 N–H and O–H groups in total. The number of benzene rings is 1. The number of hydrogen-bond donors (Lipinski definition) is 1. The van der Waals surface area contributed by atoms with Gasteiger partial charge in [-0.15, -0.1) is 11.3 Å². The molecular weight excluding hydrogens is 264 g/mol. The van der Waals surface area contributed by atoms with Gasteiger partial charge in [0.05, 0.1) is 6.04 Å². The third-order valence-corrected chi connectivity index (χ3v) is 4.81. The smallest absolute Gasteiger partial charge is 0.0697 e. The second-order valence-corrected chi connectivity index (χ2v) is 6.60. The number of thiophene rings is 1. The molecule has 3 heteroatoms. The fraction of sp³-hybridized carbons (Fsp3) is 0.412. The zero-order valence-electron chi connectivity index (χ0n) is 12.2. The fourth-order valence-electron chi connectivity index (χ4n) is 3.11. The average molecular weight is 286 g/mol. The maximum atomic E-state index is 3.45. The van der Waals surface area contributed by atoms with Crippen molar-refractivity contribution >= 4 is 11.3 Å². The van der Waals surface area contributed by atoms with E-state index in [4.69, 9.17) is 0 Å². The predicted molar refractivity (Wildman–Crippen MR) is 86.5 cm³/mol. The molecule has 1 aromatic heterocycles. The van der Waals surface area contributed by atoms with Crippen LogP contribution in [-0.4, -0.2) is 31.1 Å². The van der Waals surface area contributed by atoms with Gasteiger partial charge in [-0.3, -0.25) is 4.90 Å². The molecule has 1 saturated heterocycles. The summed E-state index contributed by atoms with van der Waals surface area (Å²) in [5.41, 5.74) is 4.15. The van der Waals surface area contributed by atoms with Gasteiger partial charge < -0.3 is 5.32 Å². The van der Waals surface area contributed by atoms with E-state index in [1.807, 2.05) is 11.3 Å². The molecule has 1 fully saturated rings. The Morgan fingerprint density at radius 2 is 1.80 bits per heavy atom. The molecule has 20 heavy (non-hydrogen) atoms. The van der Waals surface area contributed by atoms with E-state index >= 15 is 0 Å². The first-order valence-corrected chi connectivity index (χ1v) is 8.18. The molecule has 1 aliphatic rings. The highest BCUT2D eigenvalue weighted by Crippen LogP contribution is 2.32. The molecule has 1 aromatic carbocycles. The summed E-state index contributed by atoms with van der Waals surface area (Å²) in [7, 11) is 0. The number of piperazine rings is 1. The second kappa shape index (κ2) is 6.08. The van der Waals surface area contributed by atoms with E-state index in [-0.39, 0.29) is 0 Å². The van der Waals surface area contributed by atoms with Crippen molar-refractivity contribution in [3.63, 3.8) is 0 Å². The lowest BCUT2D eigenvalue weighted by atomic mass is 9.98. The third-order valence-electron chi connectivity index (χ3n) is 3.89. The Labute approximate surface area is 125 Å². The van der Waals surface area contributed by atoms with Gasteiger partial charge in [0.2, 0.25) is 0 Å². The van der Waals surface area contributed by atoms with E-state index in [0.29, 0.717) is 6.04 Å². The van der Waals surface area contributed by atoms with Crippen molar-refractivity contribution in [1.29, 1.82) is 0 Å². The highest BCUT2D eigenvalue weighted by Gasteiger charge is 2.24. The Hall–Kier alpha value is -1.16. The highest BCUT2D eigenvalue weighted by molar-refractivity contribution is 7.10. The summed E-state index contributed by atoms with van der Waals surface area (Å²) in [6, 6.07) is 11.8. The van der Waals surface area contributed by atoms with Gasteiger partial charge in [-0.1, -0.05) is 35.4 Å². The van der Waals surface area contributed by atoms with Crippen molar-refractivity contribution < 1.29 is 0 Å². The normalized spacial score (nSPS) is 18.1. The first kappa shape index (κ1) is 13.8. The Morgan fingerprint density at radius 3 is 2.40 bits per heavy atom. The minimum atomic E-state index is 0.413. The van der Waals surface area contributed by atoms with Crippen LogP contribution in [0.25, 0.3) is 0 Å². The maximum absolute atomic E-state index is 3.45. The number of rotatable bonds is 3. The van der Waals surface area contributed by atoms with E-state index in [1.165, 1.54) is 21.6 Å². The lowest BCUT2D eigenvalue weighted by Crippen LogP contribution is -2.45. The molecule has 1 atom stereocenters. The molecule has 2 aromatic rings. The Kier molecular flexibility index (Phi) is 4.20. The molecular formula is C17H22N2S. The van der Waals surface area contributed by atoms with Gasteiger partial charge in [0.25, 0.3) is 0 Å². The maximum Gasteiger partial charge on any atom is 0.0697 e. The standard InChI is InChI=1S/C17H22N2S/c1-13-10-14(2)12-15(11-13)17(16-4-3-9-20-16)19-7-5-18-6-8-19/h3-4,9-12,17-18H,5-8H2,1-2H3/t17-/m0/s1. The van der Waals surface area contributed by atoms with Crippen LogP contribution in [0.5, 0.6) is 0 Å². The first-order chi connectivity index (χ1) is 9.74. The van der Waals surface area contributed by atoms with Gasteiger partial charge in [-0.25, -0.2) is 0 Å². The van der Waals surface area contributed by atoms with Crippen LogP contribution in [0.2, 0.25) is 0 Å². The van der Waals surface area contributed by atoms with Gasteiger partial charge in [0.15, 0.2) is 0 Å².